The van der Waals surface area contributed by atoms with E-state index in [9.17, 15) is 0 Å². The summed E-state index contributed by atoms with van der Waals surface area (Å²) in [4.78, 5) is 24.8. The molecule has 0 spiro atoms. The molecule has 0 saturated carbocycles. The molecule has 0 aliphatic carbocycles. The maximum atomic E-state index is 4.99. The van der Waals surface area contributed by atoms with Gasteiger partial charge in [-0.1, -0.05) is 29.8 Å². The minimum atomic E-state index is 0.661. The number of imidazole rings is 1. The topological polar surface area (TPSA) is 99.3 Å². The second-order valence-electron chi connectivity index (χ2n) is 9.77. The van der Waals surface area contributed by atoms with E-state index in [1.165, 1.54) is 24.0 Å². The van der Waals surface area contributed by atoms with Crippen LogP contribution in [0.25, 0.3) is 56.0 Å². The molecule has 8 nitrogen and oxygen atoms in total. The maximum Gasteiger partial charge on any atom is 0.161 e. The molecule has 1 aliphatic heterocycles. The summed E-state index contributed by atoms with van der Waals surface area (Å²) in [6, 6.07) is 14.6. The Morgan fingerprint density at radius 3 is 2.62 bits per heavy atom. The van der Waals surface area contributed by atoms with Gasteiger partial charge in [0.25, 0.3) is 0 Å². The normalized spacial score (nSPS) is 14.2. The van der Waals surface area contributed by atoms with E-state index in [0.29, 0.717) is 11.5 Å². The van der Waals surface area contributed by atoms with Crippen molar-refractivity contribution in [2.75, 3.05) is 13.1 Å². The number of pyridine rings is 3. The quantitative estimate of drug-likeness (QED) is 0.332. The van der Waals surface area contributed by atoms with Gasteiger partial charge in [-0.25, -0.2) is 9.97 Å². The number of benzene rings is 1. The lowest BCUT2D eigenvalue weighted by Crippen LogP contribution is -2.18. The van der Waals surface area contributed by atoms with Crippen molar-refractivity contribution >= 4 is 22.1 Å². The van der Waals surface area contributed by atoms with Crippen LogP contribution in [0.2, 0.25) is 0 Å². The van der Waals surface area contributed by atoms with Gasteiger partial charge in [-0.3, -0.25) is 20.0 Å². The molecule has 37 heavy (non-hydrogen) atoms. The number of aromatic nitrogens is 7. The number of nitrogens with one attached hydrogen (secondary N) is 2. The maximum absolute atomic E-state index is 4.99. The first-order chi connectivity index (χ1) is 18.2. The first-order valence-electron chi connectivity index (χ1n) is 12.6. The molecule has 1 fully saturated rings. The van der Waals surface area contributed by atoms with Gasteiger partial charge < -0.3 is 4.98 Å². The Bertz CT molecular complexity index is 1740. The van der Waals surface area contributed by atoms with Gasteiger partial charge >= 0.3 is 0 Å². The van der Waals surface area contributed by atoms with E-state index in [4.69, 9.17) is 9.97 Å². The molecule has 7 rings (SSSR count). The van der Waals surface area contributed by atoms with E-state index in [1.54, 1.807) is 6.20 Å². The predicted octanol–water partition coefficient (Wildman–Crippen LogP) is 5.53. The molecule has 5 aromatic heterocycles. The van der Waals surface area contributed by atoms with Gasteiger partial charge in [-0.2, -0.15) is 5.10 Å². The molecule has 6 heterocycles. The fourth-order valence-electron chi connectivity index (χ4n) is 5.21. The van der Waals surface area contributed by atoms with Gasteiger partial charge in [0.15, 0.2) is 11.5 Å². The minimum Gasteiger partial charge on any atom is -0.335 e. The van der Waals surface area contributed by atoms with Crippen molar-refractivity contribution in [3.8, 4) is 33.9 Å². The smallest absolute Gasteiger partial charge is 0.161 e. The fraction of sp³-hybridized carbons (Fsp3) is 0.207. The summed E-state index contributed by atoms with van der Waals surface area (Å²) in [7, 11) is 0. The average molecular weight is 487 g/mol. The van der Waals surface area contributed by atoms with Crippen molar-refractivity contribution in [1.82, 2.24) is 40.0 Å². The molecular formula is C29H26N8. The van der Waals surface area contributed by atoms with Crippen LogP contribution in [0.15, 0.2) is 67.3 Å². The van der Waals surface area contributed by atoms with Crippen molar-refractivity contribution in [3.63, 3.8) is 0 Å². The van der Waals surface area contributed by atoms with E-state index >= 15 is 0 Å². The molecule has 2 N–H and O–H groups in total. The monoisotopic (exact) mass is 486 g/mol. The first kappa shape index (κ1) is 21.8. The van der Waals surface area contributed by atoms with Gasteiger partial charge in [0.1, 0.15) is 5.52 Å². The highest BCUT2D eigenvalue weighted by Crippen LogP contribution is 2.31. The van der Waals surface area contributed by atoms with Gasteiger partial charge in [0.2, 0.25) is 0 Å². The zero-order valence-corrected chi connectivity index (χ0v) is 20.6. The molecule has 6 aromatic rings. The van der Waals surface area contributed by atoms with Crippen molar-refractivity contribution in [2.24, 2.45) is 0 Å². The number of hydrogen-bond acceptors (Lipinski definition) is 6. The lowest BCUT2D eigenvalue weighted by atomic mass is 10.0. The van der Waals surface area contributed by atoms with Crippen LogP contribution in [0.3, 0.4) is 0 Å². The van der Waals surface area contributed by atoms with E-state index in [0.717, 1.165) is 64.1 Å². The third-order valence-corrected chi connectivity index (χ3v) is 7.05. The lowest BCUT2D eigenvalue weighted by Gasteiger charge is -2.14. The van der Waals surface area contributed by atoms with Crippen LogP contribution < -0.4 is 0 Å². The van der Waals surface area contributed by atoms with Crippen molar-refractivity contribution < 1.29 is 0 Å². The highest BCUT2D eigenvalue weighted by atomic mass is 15.2. The molecule has 1 aromatic carbocycles. The number of H-pyrrole nitrogens is 2. The second kappa shape index (κ2) is 8.90. The summed E-state index contributed by atoms with van der Waals surface area (Å²) < 4.78 is 0. The fourth-order valence-corrected chi connectivity index (χ4v) is 5.21. The number of hydrogen-bond donors (Lipinski definition) is 2. The molecule has 0 atom stereocenters. The summed E-state index contributed by atoms with van der Waals surface area (Å²) in [5, 5.41) is 7.69. The molecule has 8 heteroatoms. The Morgan fingerprint density at radius 1 is 0.838 bits per heavy atom. The zero-order chi connectivity index (χ0) is 24.8. The van der Waals surface area contributed by atoms with Crippen LogP contribution >= 0.6 is 0 Å². The summed E-state index contributed by atoms with van der Waals surface area (Å²) in [5.41, 5.74) is 10.4. The number of aryl methyl sites for hydroxylation is 1. The Kier molecular flexibility index (Phi) is 5.25. The van der Waals surface area contributed by atoms with E-state index < -0.39 is 0 Å². The van der Waals surface area contributed by atoms with E-state index in [-0.39, 0.29) is 0 Å². The van der Waals surface area contributed by atoms with Crippen LogP contribution in [-0.4, -0.2) is 53.1 Å². The minimum absolute atomic E-state index is 0.661. The average Bonchev–Trinajstić information content (AvgIpc) is 3.67. The third-order valence-electron chi connectivity index (χ3n) is 7.05. The highest BCUT2D eigenvalue weighted by Gasteiger charge is 2.18. The van der Waals surface area contributed by atoms with Crippen molar-refractivity contribution in [2.45, 2.75) is 26.3 Å². The molecule has 0 unspecified atom stereocenters. The summed E-state index contributed by atoms with van der Waals surface area (Å²) in [5.74, 6) is 0.661. The van der Waals surface area contributed by atoms with Crippen molar-refractivity contribution in [3.05, 3.63) is 78.4 Å². The molecule has 0 amide bonds. The SMILES string of the molecule is Cc1cccc(-c2cncc3[nH]c(-c4n[nH]c5ccc(-c6cncc(CN7CCCC7)c6)nc45)nc23)c1. The summed E-state index contributed by atoms with van der Waals surface area (Å²) in [6.07, 6.45) is 10.1. The van der Waals surface area contributed by atoms with Crippen molar-refractivity contribution in [1.29, 1.82) is 0 Å². The Labute approximate surface area is 213 Å². The van der Waals surface area contributed by atoms with Crippen LogP contribution in [0.1, 0.15) is 24.0 Å². The number of nitrogens with zero attached hydrogens (tertiary/aromatic N) is 6. The first-order valence-corrected chi connectivity index (χ1v) is 12.6. The lowest BCUT2D eigenvalue weighted by molar-refractivity contribution is 0.331. The highest BCUT2D eigenvalue weighted by molar-refractivity contribution is 5.95. The van der Waals surface area contributed by atoms with Crippen LogP contribution in [0.4, 0.5) is 0 Å². The van der Waals surface area contributed by atoms with E-state index in [1.807, 2.05) is 30.7 Å². The zero-order valence-electron chi connectivity index (χ0n) is 20.6. The standard InChI is InChI=1S/C29H26N8/c1-18-5-4-6-20(11-18)22-15-31-16-25-26(22)34-29(33-25)28-27-24(35-36-28)8-7-23(32-27)21-12-19(13-30-14-21)17-37-9-2-3-10-37/h4-8,11-16H,2-3,9-10,17H2,1H3,(H,33,34)(H,35,36). The van der Waals surface area contributed by atoms with Crippen LogP contribution in [-0.2, 0) is 6.54 Å². The van der Waals surface area contributed by atoms with E-state index in [2.05, 4.69) is 67.3 Å². The molecule has 0 radical (unpaired) electrons. The van der Waals surface area contributed by atoms with Crippen LogP contribution in [0.5, 0.6) is 0 Å². The predicted molar refractivity (Wildman–Crippen MR) is 145 cm³/mol. The second-order valence-corrected chi connectivity index (χ2v) is 9.77. The van der Waals surface area contributed by atoms with Gasteiger partial charge in [-0.15, -0.1) is 0 Å². The summed E-state index contributed by atoms with van der Waals surface area (Å²) in [6.45, 7) is 5.33. The number of fused-ring (bicyclic) bond motifs is 2. The van der Waals surface area contributed by atoms with Gasteiger partial charge in [0, 0.05) is 36.3 Å². The van der Waals surface area contributed by atoms with Gasteiger partial charge in [-0.05, 0) is 62.2 Å². The Hall–Kier alpha value is -4.43. The molecule has 182 valence electrons. The molecular weight excluding hydrogens is 460 g/mol. The van der Waals surface area contributed by atoms with Gasteiger partial charge in [0.05, 0.1) is 28.4 Å². The summed E-state index contributed by atoms with van der Waals surface area (Å²) >= 11 is 0. The number of aromatic amines is 2. The third kappa shape index (κ3) is 4.05. The number of rotatable bonds is 5. The molecule has 1 aliphatic rings. The Balaban J connectivity index is 1.28. The Morgan fingerprint density at radius 2 is 1.73 bits per heavy atom. The largest absolute Gasteiger partial charge is 0.335 e. The van der Waals surface area contributed by atoms with Crippen LogP contribution in [0, 0.1) is 6.92 Å². The number of likely N-dealkylation sites (tertiary alicyclic amines) is 1. The molecule has 0 bridgehead atoms. The molecule has 1 saturated heterocycles.